The number of fused-ring (bicyclic) bond motifs is 1. The van der Waals surface area contributed by atoms with Gasteiger partial charge in [-0.25, -0.2) is 4.79 Å². The van der Waals surface area contributed by atoms with Crippen LogP contribution >= 0.6 is 0 Å². The smallest absolute Gasteiger partial charge is 0.416 e. The summed E-state index contributed by atoms with van der Waals surface area (Å²) in [4.78, 5) is 28.5. The molecule has 2 aromatic carbocycles. The van der Waals surface area contributed by atoms with Gasteiger partial charge in [-0.15, -0.1) is 0 Å². The number of nitriles is 1. The monoisotopic (exact) mass is 492 g/mol. The number of carbonyl (C=O) groups excluding carboxylic acids is 1. The van der Waals surface area contributed by atoms with Gasteiger partial charge in [0, 0.05) is 24.3 Å². The Morgan fingerprint density at radius 3 is 2.53 bits per heavy atom. The van der Waals surface area contributed by atoms with E-state index in [1.54, 1.807) is 25.1 Å². The number of aromatic nitrogens is 2. The first-order chi connectivity index (χ1) is 17.1. The van der Waals surface area contributed by atoms with Gasteiger partial charge in [0.1, 0.15) is 11.8 Å². The molecule has 2 heterocycles. The molecule has 0 saturated heterocycles. The maximum absolute atomic E-state index is 13.4. The molecule has 1 atom stereocenters. The van der Waals surface area contributed by atoms with Gasteiger partial charge in [0.15, 0.2) is 0 Å². The van der Waals surface area contributed by atoms with Crippen LogP contribution in [0.4, 0.5) is 13.2 Å². The summed E-state index contributed by atoms with van der Waals surface area (Å²) in [5.74, 6) is -1.69. The summed E-state index contributed by atoms with van der Waals surface area (Å²) in [5.41, 5.74) is 0.731. The number of aromatic carboxylic acids is 1. The Morgan fingerprint density at radius 2 is 1.89 bits per heavy atom. The van der Waals surface area contributed by atoms with Crippen LogP contribution in [-0.2, 0) is 12.7 Å². The molecule has 2 aromatic heterocycles. The summed E-state index contributed by atoms with van der Waals surface area (Å²) < 4.78 is 41.2. The number of carboxylic acids is 1. The number of nitrogens with one attached hydrogen (secondary N) is 1. The number of alkyl halides is 3. The van der Waals surface area contributed by atoms with E-state index < -0.39 is 29.7 Å². The predicted molar refractivity (Wildman–Crippen MR) is 124 cm³/mol. The number of pyridine rings is 1. The van der Waals surface area contributed by atoms with E-state index in [0.717, 1.165) is 12.1 Å². The first-order valence-electron chi connectivity index (χ1n) is 10.8. The second kappa shape index (κ2) is 9.54. The molecule has 0 radical (unpaired) electrons. The fourth-order valence-corrected chi connectivity index (χ4v) is 4.00. The average Bonchev–Trinajstić information content (AvgIpc) is 3.17. The second-order valence-electron chi connectivity index (χ2n) is 8.13. The Balaban J connectivity index is 1.74. The number of rotatable bonds is 6. The lowest BCUT2D eigenvalue weighted by Crippen LogP contribution is -2.29. The number of nitrogens with zero attached hydrogens (tertiary/aromatic N) is 3. The molecule has 2 N–H and O–H groups in total. The van der Waals surface area contributed by atoms with E-state index in [4.69, 9.17) is 5.11 Å². The Hall–Kier alpha value is -4.65. The molecule has 1 unspecified atom stereocenters. The molecular weight excluding hydrogens is 473 g/mol. The van der Waals surface area contributed by atoms with Gasteiger partial charge in [0.05, 0.1) is 28.2 Å². The highest BCUT2D eigenvalue weighted by Crippen LogP contribution is 2.31. The summed E-state index contributed by atoms with van der Waals surface area (Å²) in [7, 11) is 0. The minimum Gasteiger partial charge on any atom is -0.478 e. The van der Waals surface area contributed by atoms with Gasteiger partial charge in [0.2, 0.25) is 0 Å². The fourth-order valence-electron chi connectivity index (χ4n) is 4.00. The lowest BCUT2D eigenvalue weighted by atomic mass is 10.1. The van der Waals surface area contributed by atoms with Crippen LogP contribution in [0.2, 0.25) is 0 Å². The van der Waals surface area contributed by atoms with Crippen molar-refractivity contribution >= 4 is 22.8 Å². The van der Waals surface area contributed by atoms with Crippen LogP contribution in [0.3, 0.4) is 0 Å². The normalized spacial score (nSPS) is 12.2. The fraction of sp³-hybridized carbons (Fsp3) is 0.154. The molecule has 0 aliphatic rings. The van der Waals surface area contributed by atoms with E-state index in [1.165, 1.54) is 41.2 Å². The number of hydrogen-bond acceptors (Lipinski definition) is 4. The molecule has 0 saturated carbocycles. The third-order valence-corrected chi connectivity index (χ3v) is 5.79. The minimum absolute atomic E-state index is 0.00748. The van der Waals surface area contributed by atoms with Gasteiger partial charge in [-0.3, -0.25) is 9.78 Å². The van der Waals surface area contributed by atoms with Crippen molar-refractivity contribution in [3.63, 3.8) is 0 Å². The number of amides is 1. The topological polar surface area (TPSA) is 108 Å². The molecule has 182 valence electrons. The molecule has 1 amide bonds. The van der Waals surface area contributed by atoms with Crippen molar-refractivity contribution in [2.45, 2.75) is 25.7 Å². The molecule has 0 spiro atoms. The average molecular weight is 492 g/mol. The van der Waals surface area contributed by atoms with Gasteiger partial charge in [0.25, 0.3) is 5.91 Å². The molecule has 0 fully saturated rings. The molecule has 10 heteroatoms. The van der Waals surface area contributed by atoms with Crippen molar-refractivity contribution in [1.29, 1.82) is 5.26 Å². The van der Waals surface area contributed by atoms with Crippen LogP contribution in [0.1, 0.15) is 56.1 Å². The lowest BCUT2D eigenvalue weighted by Gasteiger charge is -2.17. The summed E-state index contributed by atoms with van der Waals surface area (Å²) in [6, 6.07) is 13.8. The first kappa shape index (κ1) is 24.5. The van der Waals surface area contributed by atoms with Gasteiger partial charge >= 0.3 is 12.1 Å². The molecule has 4 rings (SSSR count). The summed E-state index contributed by atoms with van der Waals surface area (Å²) in [6.07, 6.45) is -1.62. The van der Waals surface area contributed by atoms with Crippen LogP contribution < -0.4 is 5.32 Å². The van der Waals surface area contributed by atoms with Crippen LogP contribution in [0.25, 0.3) is 10.9 Å². The van der Waals surface area contributed by atoms with Gasteiger partial charge < -0.3 is 15.0 Å². The molecule has 0 aliphatic heterocycles. The lowest BCUT2D eigenvalue weighted by molar-refractivity contribution is -0.137. The molecule has 0 aliphatic carbocycles. The first-order valence-corrected chi connectivity index (χ1v) is 10.8. The third kappa shape index (κ3) is 4.77. The van der Waals surface area contributed by atoms with Crippen LogP contribution in [0.15, 0.2) is 67.0 Å². The van der Waals surface area contributed by atoms with E-state index in [1.807, 2.05) is 6.07 Å². The van der Waals surface area contributed by atoms with E-state index >= 15 is 0 Å². The number of carbonyl (C=O) groups is 2. The van der Waals surface area contributed by atoms with E-state index in [-0.39, 0.29) is 23.4 Å². The molecule has 4 aromatic rings. The number of benzene rings is 2. The molecule has 0 bridgehead atoms. The quantitative estimate of drug-likeness (QED) is 0.386. The molecule has 7 nitrogen and oxygen atoms in total. The standard InChI is InChI=1S/C26H19F3N4O3/c1-15(17-5-7-18(8-6-17)25(35)36)32-24(34)23-20(12-30)21-13-31-10-9-22(21)33(23)14-16-3-2-4-19(11-16)26(27,28)29/h2-11,13,15H,14H2,1H3,(H,32,34)(H,35,36). The van der Waals surface area contributed by atoms with E-state index in [9.17, 15) is 28.0 Å². The highest BCUT2D eigenvalue weighted by Gasteiger charge is 2.31. The maximum atomic E-state index is 13.4. The second-order valence-corrected chi connectivity index (χ2v) is 8.13. The maximum Gasteiger partial charge on any atom is 0.416 e. The minimum atomic E-state index is -4.53. The Kier molecular flexibility index (Phi) is 6.49. The predicted octanol–water partition coefficient (Wildman–Crippen LogP) is 5.16. The van der Waals surface area contributed by atoms with Crippen LogP contribution in [0.5, 0.6) is 0 Å². The third-order valence-electron chi connectivity index (χ3n) is 5.79. The number of halogens is 3. The zero-order chi connectivity index (χ0) is 26.0. The van der Waals surface area contributed by atoms with Crippen LogP contribution in [0, 0.1) is 11.3 Å². The van der Waals surface area contributed by atoms with Crippen LogP contribution in [-0.4, -0.2) is 26.5 Å². The van der Waals surface area contributed by atoms with Crippen molar-refractivity contribution in [3.05, 3.63) is 101 Å². The zero-order valence-electron chi connectivity index (χ0n) is 18.9. The molecular formula is C26H19F3N4O3. The van der Waals surface area contributed by atoms with Crippen molar-refractivity contribution in [2.24, 2.45) is 0 Å². The van der Waals surface area contributed by atoms with Crippen molar-refractivity contribution in [2.75, 3.05) is 0 Å². The van der Waals surface area contributed by atoms with Gasteiger partial charge in [-0.05, 0) is 48.4 Å². The number of carboxylic acid groups (broad SMARTS) is 1. The Labute approximate surface area is 203 Å². The SMILES string of the molecule is CC(NC(=O)c1c(C#N)c2cnccc2n1Cc1cccc(C(F)(F)F)c1)c1ccc(C(=O)O)cc1. The highest BCUT2D eigenvalue weighted by molar-refractivity contribution is 6.03. The van der Waals surface area contributed by atoms with Crippen molar-refractivity contribution in [1.82, 2.24) is 14.9 Å². The Morgan fingerprint density at radius 1 is 1.17 bits per heavy atom. The number of hydrogen-bond donors (Lipinski definition) is 2. The van der Waals surface area contributed by atoms with E-state index in [0.29, 0.717) is 22.0 Å². The summed E-state index contributed by atoms with van der Waals surface area (Å²) in [5, 5.41) is 22.1. The molecule has 36 heavy (non-hydrogen) atoms. The summed E-state index contributed by atoms with van der Waals surface area (Å²) >= 11 is 0. The van der Waals surface area contributed by atoms with Gasteiger partial charge in [-0.2, -0.15) is 18.4 Å². The summed E-state index contributed by atoms with van der Waals surface area (Å²) in [6.45, 7) is 1.61. The zero-order valence-corrected chi connectivity index (χ0v) is 18.9. The largest absolute Gasteiger partial charge is 0.478 e. The highest BCUT2D eigenvalue weighted by atomic mass is 19.4. The van der Waals surface area contributed by atoms with E-state index in [2.05, 4.69) is 10.3 Å². The Bertz CT molecular complexity index is 1500. The van der Waals surface area contributed by atoms with Crippen molar-refractivity contribution < 1.29 is 27.9 Å². The van der Waals surface area contributed by atoms with Gasteiger partial charge in [-0.1, -0.05) is 24.3 Å². The van der Waals surface area contributed by atoms with Crippen molar-refractivity contribution in [3.8, 4) is 6.07 Å².